The van der Waals surface area contributed by atoms with Gasteiger partial charge in [-0.05, 0) is 128 Å². The van der Waals surface area contributed by atoms with Crippen LogP contribution in [-0.2, 0) is 56.3 Å². The summed E-state index contributed by atoms with van der Waals surface area (Å²) in [6.07, 6.45) is -1.54. The van der Waals surface area contributed by atoms with Crippen LogP contribution in [-0.4, -0.2) is 78.3 Å². The van der Waals surface area contributed by atoms with Crippen molar-refractivity contribution in [3.05, 3.63) is 159 Å². The lowest BCUT2D eigenvalue weighted by Crippen LogP contribution is -2.44. The Labute approximate surface area is 456 Å². The second kappa shape index (κ2) is 20.9. The maximum absolute atomic E-state index is 15.3. The highest BCUT2D eigenvalue weighted by molar-refractivity contribution is 14.1. The summed E-state index contributed by atoms with van der Waals surface area (Å²) in [5.41, 5.74) is -13.2. The third-order valence-corrected chi connectivity index (χ3v) is 14.4. The third-order valence-electron chi connectivity index (χ3n) is 12.1. The number of hydrogen-bond acceptors (Lipinski definition) is 14. The number of hydrogen-bond donors (Lipinski definition) is 0. The number of benzene rings is 3. The number of rotatable bonds is 10. The third kappa shape index (κ3) is 11.2. The number of pyridine rings is 2. The maximum Gasteiger partial charge on any atom is 0.534 e. The number of aryl methyl sites for hydroxylation is 2. The van der Waals surface area contributed by atoms with Crippen LogP contribution in [0.4, 0.5) is 26.3 Å². The Morgan fingerprint density at radius 2 is 1.06 bits per heavy atom. The fraction of sp³-hybridized carbons (Fsp3) is 0.333. The molecule has 0 unspecified atom stereocenters. The molecule has 2 saturated heterocycles. The van der Waals surface area contributed by atoms with Crippen molar-refractivity contribution in [1.82, 2.24) is 27.4 Å². The number of nitrogens with zero attached hydrogens (tertiary/aromatic N) is 6. The number of halogens is 8. The lowest BCUT2D eigenvalue weighted by Gasteiger charge is -2.21. The van der Waals surface area contributed by atoms with Crippen LogP contribution in [0.3, 0.4) is 0 Å². The predicted octanol–water partition coefficient (Wildman–Crippen LogP) is 5.96. The van der Waals surface area contributed by atoms with E-state index >= 15 is 8.78 Å². The lowest BCUT2D eigenvalue weighted by atomic mass is 10.2. The van der Waals surface area contributed by atoms with Crippen LogP contribution in [0.1, 0.15) is 33.3 Å². The van der Waals surface area contributed by atoms with Gasteiger partial charge in [-0.25, -0.2) is 31.9 Å². The maximum atomic E-state index is 15.3. The summed E-state index contributed by atoms with van der Waals surface area (Å²) in [7, 11) is -3.92. The summed E-state index contributed by atoms with van der Waals surface area (Å²) in [6.45, 7) is 7.38. The van der Waals surface area contributed by atoms with E-state index in [0.29, 0.717) is 26.9 Å². The Bertz CT molecular complexity index is 4080. The van der Waals surface area contributed by atoms with Crippen molar-refractivity contribution in [1.29, 1.82) is 0 Å². The highest BCUT2D eigenvalue weighted by Crippen LogP contribution is 2.33. The fourth-order valence-corrected chi connectivity index (χ4v) is 9.81. The summed E-state index contributed by atoms with van der Waals surface area (Å²) < 4.78 is 146. The van der Waals surface area contributed by atoms with Crippen molar-refractivity contribution in [3.8, 4) is 28.6 Å². The van der Waals surface area contributed by atoms with Gasteiger partial charge in [0, 0.05) is 38.9 Å². The molecule has 2 aliphatic heterocycles. The zero-order chi connectivity index (χ0) is 56.6. The Morgan fingerprint density at radius 3 is 1.47 bits per heavy atom. The Hall–Kier alpha value is -6.13. The van der Waals surface area contributed by atoms with E-state index in [1.54, 1.807) is 56.4 Å². The Balaban J connectivity index is 0.000000204. The van der Waals surface area contributed by atoms with Crippen molar-refractivity contribution < 1.29 is 62.6 Å². The Kier molecular flexibility index (Phi) is 15.5. The molecule has 7 aromatic rings. The van der Waals surface area contributed by atoms with Gasteiger partial charge in [-0.2, -0.15) is 21.6 Å². The molecule has 29 heteroatoms. The number of alkyl halides is 3. The molecule has 77 heavy (non-hydrogen) atoms. The van der Waals surface area contributed by atoms with Crippen LogP contribution in [0.5, 0.6) is 17.2 Å². The molecule has 2 aliphatic rings. The minimum atomic E-state index is -6.34. The molecule has 0 aliphatic carbocycles. The van der Waals surface area contributed by atoms with Gasteiger partial charge in [-0.1, -0.05) is 6.07 Å². The van der Waals surface area contributed by atoms with Gasteiger partial charge in [0.1, 0.15) is 63.2 Å². The van der Waals surface area contributed by atoms with Crippen LogP contribution in [0.15, 0.2) is 95.5 Å². The molecular weight excluding hydrogens is 1280 g/mol. The van der Waals surface area contributed by atoms with E-state index in [-0.39, 0.29) is 53.5 Å². The van der Waals surface area contributed by atoms with E-state index in [4.69, 9.17) is 23.7 Å². The van der Waals surface area contributed by atoms with E-state index in [1.807, 2.05) is 22.6 Å². The molecule has 9 rings (SSSR count). The first-order valence-corrected chi connectivity index (χ1v) is 26.1. The number of aromatic nitrogens is 6. The quantitative estimate of drug-likeness (QED) is 0.0668. The molecule has 2 atom stereocenters. The Morgan fingerprint density at radius 1 is 0.636 bits per heavy atom. The van der Waals surface area contributed by atoms with Gasteiger partial charge in [-0.3, -0.25) is 37.4 Å². The molecule has 20 nitrogen and oxygen atoms in total. The molecule has 6 heterocycles. The molecule has 0 saturated carbocycles. The molecule has 4 aromatic heterocycles. The highest BCUT2D eigenvalue weighted by atomic mass is 127. The highest BCUT2D eigenvalue weighted by Gasteiger charge is 2.49. The molecule has 3 aromatic carbocycles. The average Bonchev–Trinajstić information content (AvgIpc) is 3.91. The van der Waals surface area contributed by atoms with Crippen LogP contribution < -0.4 is 42.5 Å². The van der Waals surface area contributed by atoms with E-state index in [2.05, 4.69) is 4.18 Å². The van der Waals surface area contributed by atoms with Crippen LogP contribution in [0.2, 0.25) is 0 Å². The predicted molar refractivity (Wildman–Crippen MR) is 280 cm³/mol. The molecule has 0 radical (unpaired) electrons. The topological polar surface area (TPSA) is 222 Å². The molecule has 2 fully saturated rings. The summed E-state index contributed by atoms with van der Waals surface area (Å²) >= 11 is 3.73. The van der Waals surface area contributed by atoms with Gasteiger partial charge in [0.05, 0.1) is 37.7 Å². The minimum Gasteiger partial charge on any atom is -0.456 e. The summed E-state index contributed by atoms with van der Waals surface area (Å²) in [5.74, 6) is -5.68. The second-order valence-corrected chi connectivity index (χ2v) is 22.3. The number of fused-ring (bicyclic) bond motifs is 2. The van der Waals surface area contributed by atoms with Gasteiger partial charge in [-0.15, -0.1) is 0 Å². The first kappa shape index (κ1) is 57.1. The smallest absolute Gasteiger partial charge is 0.456 e. The van der Waals surface area contributed by atoms with Gasteiger partial charge in [0.25, 0.3) is 22.2 Å². The number of ether oxygens (including phenoxy) is 5. The molecule has 0 amide bonds. The summed E-state index contributed by atoms with van der Waals surface area (Å²) in [5, 5.41) is -1.06. The van der Waals surface area contributed by atoms with Gasteiger partial charge in [0.15, 0.2) is 17.3 Å². The zero-order valence-electron chi connectivity index (χ0n) is 41.2. The summed E-state index contributed by atoms with van der Waals surface area (Å²) in [4.78, 5) is 80.6. The summed E-state index contributed by atoms with van der Waals surface area (Å²) in [6, 6.07) is 13.4. The van der Waals surface area contributed by atoms with Crippen LogP contribution in [0.25, 0.3) is 33.4 Å². The van der Waals surface area contributed by atoms with Gasteiger partial charge >= 0.3 is 27.0 Å². The zero-order valence-corrected chi connectivity index (χ0v) is 46.3. The van der Waals surface area contributed by atoms with E-state index in [1.165, 1.54) is 50.4 Å². The minimum absolute atomic E-state index is 0.0722. The first-order chi connectivity index (χ1) is 35.8. The SMILES string of the molecule is Cc1c(F)cccc1Oc1cc(=O)n(C)c2c1c(=O)n(C[C@@H]1COC(C)(C)O1)c(=O)n2-c1ccc(I)cc1F.Cn1c(=O)cc(OS(=O)(=O)C(F)(F)F)c2c(=O)n(C[C@@H]3COC(C)(C)O3)c(=O)n(-c3ccc(I)cc3F)c21. The molecule has 410 valence electrons. The van der Waals surface area contributed by atoms with Crippen molar-refractivity contribution in [2.75, 3.05) is 13.2 Å². The van der Waals surface area contributed by atoms with Crippen molar-refractivity contribution >= 4 is 77.4 Å². The van der Waals surface area contributed by atoms with Crippen molar-refractivity contribution in [2.24, 2.45) is 14.1 Å². The normalized spacial score (nSPS) is 17.2. The molecular formula is C48H42F6I2N6O14S. The molecule has 0 spiro atoms. The van der Waals surface area contributed by atoms with Crippen LogP contribution in [0, 0.1) is 31.5 Å². The fourth-order valence-electron chi connectivity index (χ4n) is 8.44. The molecule has 0 bridgehead atoms. The standard InChI is InChI=1S/C27H24F2IN3O6.C21H18F4IN3O8S/c1-14-17(28)6-5-7-20(14)38-21-11-22(34)31(4)24-23(21)25(35)32(12-16-13-37-27(2,3)39-16)26(36)33(24)19-9-8-15(30)10-18(19)29;1-20(2)35-9-11(36-20)8-28-18(31)16-14(37-38(33,34)21(23,24)25)7-15(30)27(3)17(16)29(19(28)32)13-5-4-10(26)6-12(13)22/h5-11,16H,12-13H2,1-4H3;4-7,11H,8-9H2,1-3H3/t16-;11-/m11/s1. The monoisotopic (exact) mass is 1330 g/mol. The van der Waals surface area contributed by atoms with Crippen LogP contribution >= 0.6 is 45.2 Å². The van der Waals surface area contributed by atoms with Crippen molar-refractivity contribution in [3.63, 3.8) is 0 Å². The van der Waals surface area contributed by atoms with E-state index in [0.717, 1.165) is 38.9 Å². The average molecular weight is 1330 g/mol. The second-order valence-electron chi connectivity index (χ2n) is 18.3. The van der Waals surface area contributed by atoms with E-state index < -0.39 is 119 Å². The largest absolute Gasteiger partial charge is 0.534 e. The van der Waals surface area contributed by atoms with Gasteiger partial charge < -0.3 is 27.9 Å². The lowest BCUT2D eigenvalue weighted by molar-refractivity contribution is -0.140. The van der Waals surface area contributed by atoms with Gasteiger partial charge in [0.2, 0.25) is 0 Å². The first-order valence-electron chi connectivity index (χ1n) is 22.6. The van der Waals surface area contributed by atoms with E-state index in [9.17, 15) is 54.7 Å². The van der Waals surface area contributed by atoms with Crippen molar-refractivity contribution in [2.45, 2.75) is 77.0 Å². The molecule has 0 N–H and O–H groups in total.